The molecule has 7 heteroatoms. The quantitative estimate of drug-likeness (QED) is 0.419. The maximum atomic E-state index is 13.3. The summed E-state index contributed by atoms with van der Waals surface area (Å²) < 4.78 is 1.40. The zero-order valence-electron chi connectivity index (χ0n) is 17.1. The summed E-state index contributed by atoms with van der Waals surface area (Å²) in [6.45, 7) is 4.50. The first-order chi connectivity index (χ1) is 15.1. The molecule has 4 aromatic rings. The molecule has 31 heavy (non-hydrogen) atoms. The SMILES string of the molecule is Cc1nc2sc3c(c2c(=O)n1/N=C/c1ccc(Cl)cc1)CCN(Cc1ccccc1)C3. The molecule has 1 aliphatic rings. The van der Waals surface area contributed by atoms with Crippen LogP contribution in [0.3, 0.4) is 0 Å². The standard InChI is InChI=1S/C24H21ClN4OS/c1-16-27-23-22(24(30)29(16)26-13-17-7-9-19(25)10-8-17)20-11-12-28(15-21(20)31-23)14-18-5-3-2-4-6-18/h2-10,13H,11-12,14-15H2,1H3/b26-13+. The number of hydrogen-bond donors (Lipinski definition) is 0. The summed E-state index contributed by atoms with van der Waals surface area (Å²) in [6, 6.07) is 17.8. The van der Waals surface area contributed by atoms with Gasteiger partial charge in [0.05, 0.1) is 11.6 Å². The number of thiophene rings is 1. The Kier molecular flexibility index (Phi) is 5.44. The molecule has 0 bridgehead atoms. The summed E-state index contributed by atoms with van der Waals surface area (Å²) in [5, 5.41) is 5.81. The van der Waals surface area contributed by atoms with Gasteiger partial charge in [0.2, 0.25) is 0 Å². The van der Waals surface area contributed by atoms with E-state index in [4.69, 9.17) is 16.6 Å². The predicted molar refractivity (Wildman–Crippen MR) is 127 cm³/mol. The topological polar surface area (TPSA) is 50.5 Å². The summed E-state index contributed by atoms with van der Waals surface area (Å²) >= 11 is 7.58. The molecule has 2 aromatic carbocycles. The van der Waals surface area contributed by atoms with Crippen LogP contribution in [0.15, 0.2) is 64.5 Å². The van der Waals surface area contributed by atoms with Crippen LogP contribution in [0, 0.1) is 6.92 Å². The Morgan fingerprint density at radius 1 is 1.16 bits per heavy atom. The molecule has 5 rings (SSSR count). The van der Waals surface area contributed by atoms with E-state index in [1.54, 1.807) is 29.7 Å². The van der Waals surface area contributed by atoms with Gasteiger partial charge in [0.25, 0.3) is 5.56 Å². The first-order valence-electron chi connectivity index (χ1n) is 10.2. The van der Waals surface area contributed by atoms with Gasteiger partial charge in [-0.25, -0.2) is 4.98 Å². The molecule has 0 atom stereocenters. The van der Waals surface area contributed by atoms with Crippen molar-refractivity contribution in [2.75, 3.05) is 6.54 Å². The molecule has 0 spiro atoms. The second kappa shape index (κ2) is 8.38. The molecule has 5 nitrogen and oxygen atoms in total. The molecular formula is C24H21ClN4OS. The lowest BCUT2D eigenvalue weighted by molar-refractivity contribution is 0.249. The van der Waals surface area contributed by atoms with Crippen molar-refractivity contribution >= 4 is 39.4 Å². The van der Waals surface area contributed by atoms with Gasteiger partial charge in [0.1, 0.15) is 10.7 Å². The summed E-state index contributed by atoms with van der Waals surface area (Å²) in [5.41, 5.74) is 3.22. The smallest absolute Gasteiger partial charge is 0.283 e. The highest BCUT2D eigenvalue weighted by molar-refractivity contribution is 7.18. The van der Waals surface area contributed by atoms with Crippen LogP contribution in [-0.2, 0) is 19.5 Å². The number of halogens is 1. The Hall–Kier alpha value is -2.80. The van der Waals surface area contributed by atoms with Gasteiger partial charge in [0.15, 0.2) is 0 Å². The molecule has 0 N–H and O–H groups in total. The van der Waals surface area contributed by atoms with Gasteiger partial charge >= 0.3 is 0 Å². The molecule has 3 heterocycles. The highest BCUT2D eigenvalue weighted by atomic mass is 35.5. The van der Waals surface area contributed by atoms with Gasteiger partial charge in [-0.05, 0) is 42.2 Å². The van der Waals surface area contributed by atoms with Gasteiger partial charge in [-0.2, -0.15) is 9.78 Å². The number of aryl methyl sites for hydroxylation is 1. The molecule has 1 aliphatic heterocycles. The molecule has 2 aromatic heterocycles. The van der Waals surface area contributed by atoms with E-state index in [2.05, 4.69) is 34.3 Å². The first-order valence-corrected chi connectivity index (χ1v) is 11.4. The monoisotopic (exact) mass is 448 g/mol. The first kappa shape index (κ1) is 20.1. The average molecular weight is 449 g/mol. The van der Waals surface area contributed by atoms with Crippen LogP contribution in [0.2, 0.25) is 5.02 Å². The molecule has 0 aliphatic carbocycles. The Balaban J connectivity index is 1.47. The Morgan fingerprint density at radius 3 is 2.71 bits per heavy atom. The number of fused-ring (bicyclic) bond motifs is 3. The molecular weight excluding hydrogens is 428 g/mol. The lowest BCUT2D eigenvalue weighted by atomic mass is 10.0. The highest BCUT2D eigenvalue weighted by Crippen LogP contribution is 2.33. The van der Waals surface area contributed by atoms with Gasteiger partial charge in [0, 0.05) is 29.5 Å². The third-order valence-corrected chi connectivity index (χ3v) is 6.90. The molecule has 0 saturated heterocycles. The fourth-order valence-corrected chi connectivity index (χ4v) is 5.40. The van der Waals surface area contributed by atoms with E-state index in [1.165, 1.54) is 15.1 Å². The highest BCUT2D eigenvalue weighted by Gasteiger charge is 2.24. The van der Waals surface area contributed by atoms with Gasteiger partial charge in [-0.3, -0.25) is 9.69 Å². The zero-order valence-corrected chi connectivity index (χ0v) is 18.7. The van der Waals surface area contributed by atoms with Crippen molar-refractivity contribution in [3.05, 3.63) is 97.4 Å². The number of hydrogen-bond acceptors (Lipinski definition) is 5. The summed E-state index contributed by atoms with van der Waals surface area (Å²) in [6.07, 6.45) is 2.52. The summed E-state index contributed by atoms with van der Waals surface area (Å²) in [7, 11) is 0. The third-order valence-electron chi connectivity index (χ3n) is 5.53. The second-order valence-electron chi connectivity index (χ2n) is 7.70. The Bertz CT molecular complexity index is 1330. The van der Waals surface area contributed by atoms with Crippen molar-refractivity contribution in [2.24, 2.45) is 5.10 Å². The fraction of sp³-hybridized carbons (Fsp3) is 0.208. The lowest BCUT2D eigenvalue weighted by Crippen LogP contribution is -2.30. The van der Waals surface area contributed by atoms with E-state index < -0.39 is 0 Å². The van der Waals surface area contributed by atoms with Crippen molar-refractivity contribution in [1.82, 2.24) is 14.6 Å². The lowest BCUT2D eigenvalue weighted by Gasteiger charge is -2.26. The van der Waals surface area contributed by atoms with Crippen LogP contribution in [0.5, 0.6) is 0 Å². The van der Waals surface area contributed by atoms with Gasteiger partial charge < -0.3 is 0 Å². The van der Waals surface area contributed by atoms with Crippen LogP contribution in [-0.4, -0.2) is 27.3 Å². The normalized spacial score (nSPS) is 14.4. The van der Waals surface area contributed by atoms with Crippen molar-refractivity contribution in [3.8, 4) is 0 Å². The molecule has 156 valence electrons. The molecule has 0 fully saturated rings. The fourth-order valence-electron chi connectivity index (χ4n) is 3.97. The maximum absolute atomic E-state index is 13.3. The van der Waals surface area contributed by atoms with Crippen LogP contribution in [0.4, 0.5) is 0 Å². The number of aromatic nitrogens is 2. The van der Waals surface area contributed by atoms with E-state index in [-0.39, 0.29) is 5.56 Å². The minimum atomic E-state index is -0.0956. The number of nitrogens with zero attached hydrogens (tertiary/aromatic N) is 4. The van der Waals surface area contributed by atoms with E-state index >= 15 is 0 Å². The predicted octanol–water partition coefficient (Wildman–Crippen LogP) is 4.86. The van der Waals surface area contributed by atoms with E-state index in [0.717, 1.165) is 47.4 Å². The summed E-state index contributed by atoms with van der Waals surface area (Å²) in [5.74, 6) is 0.586. The maximum Gasteiger partial charge on any atom is 0.283 e. The Labute approximate surface area is 189 Å². The van der Waals surface area contributed by atoms with E-state index in [1.807, 2.05) is 25.1 Å². The van der Waals surface area contributed by atoms with Crippen molar-refractivity contribution in [3.63, 3.8) is 0 Å². The van der Waals surface area contributed by atoms with Gasteiger partial charge in [-0.15, -0.1) is 11.3 Å². The minimum absolute atomic E-state index is 0.0956. The third kappa shape index (κ3) is 4.06. The van der Waals surface area contributed by atoms with Crippen molar-refractivity contribution < 1.29 is 0 Å². The van der Waals surface area contributed by atoms with Crippen LogP contribution >= 0.6 is 22.9 Å². The van der Waals surface area contributed by atoms with Crippen LogP contribution in [0.1, 0.15) is 27.4 Å². The van der Waals surface area contributed by atoms with E-state index in [0.29, 0.717) is 10.8 Å². The number of benzene rings is 2. The van der Waals surface area contributed by atoms with Crippen molar-refractivity contribution in [1.29, 1.82) is 0 Å². The molecule has 0 unspecified atom stereocenters. The van der Waals surface area contributed by atoms with Crippen molar-refractivity contribution in [2.45, 2.75) is 26.4 Å². The summed E-state index contributed by atoms with van der Waals surface area (Å²) in [4.78, 5) is 22.5. The number of rotatable bonds is 4. The minimum Gasteiger partial charge on any atom is -0.294 e. The largest absolute Gasteiger partial charge is 0.294 e. The van der Waals surface area contributed by atoms with Gasteiger partial charge in [-0.1, -0.05) is 54.1 Å². The Morgan fingerprint density at radius 2 is 1.94 bits per heavy atom. The molecule has 0 amide bonds. The average Bonchev–Trinajstić information content (AvgIpc) is 3.13. The molecule has 0 radical (unpaired) electrons. The zero-order chi connectivity index (χ0) is 21.4. The second-order valence-corrected chi connectivity index (χ2v) is 9.22. The van der Waals surface area contributed by atoms with Crippen LogP contribution < -0.4 is 5.56 Å². The van der Waals surface area contributed by atoms with Crippen LogP contribution in [0.25, 0.3) is 10.2 Å². The van der Waals surface area contributed by atoms with E-state index in [9.17, 15) is 4.79 Å². The molecule has 0 saturated carbocycles.